The molecule has 0 unspecified atom stereocenters. The Morgan fingerprint density at radius 2 is 2.33 bits per heavy atom. The first kappa shape index (κ1) is 9.32. The molecule has 0 aromatic heterocycles. The number of hydrogen-bond acceptors (Lipinski definition) is 5. The molecule has 1 aliphatic heterocycles. The predicted octanol–water partition coefficient (Wildman–Crippen LogP) is 0.257. The van der Waals surface area contributed by atoms with E-state index in [4.69, 9.17) is 21.4 Å². The summed E-state index contributed by atoms with van der Waals surface area (Å²) in [7, 11) is 0. The van der Waals surface area contributed by atoms with Crippen LogP contribution in [0.15, 0.2) is 28.3 Å². The van der Waals surface area contributed by atoms with Gasteiger partial charge >= 0.3 is 0 Å². The zero-order chi connectivity index (χ0) is 10.8. The molecule has 0 amide bonds. The number of oxime groups is 1. The van der Waals surface area contributed by atoms with Crippen molar-refractivity contribution in [2.75, 3.05) is 0 Å². The van der Waals surface area contributed by atoms with Gasteiger partial charge in [-0.1, -0.05) is 5.16 Å². The summed E-state index contributed by atoms with van der Waals surface area (Å²) in [5, 5.41) is 11.4. The molecule has 6 nitrogen and oxygen atoms in total. The van der Waals surface area contributed by atoms with E-state index in [1.165, 1.54) is 0 Å². The molecule has 1 aliphatic rings. The van der Waals surface area contributed by atoms with E-state index >= 15 is 0 Å². The Hall–Kier alpha value is -2.24. The maximum Gasteiger partial charge on any atom is 0.287 e. The minimum atomic E-state index is 0.0559. The van der Waals surface area contributed by atoms with Crippen molar-refractivity contribution in [3.63, 3.8) is 0 Å². The molecule has 1 aromatic carbocycles. The lowest BCUT2D eigenvalue weighted by Gasteiger charge is -2.14. The number of nitrogens with two attached hydrogens (primary N) is 2. The number of rotatable bonds is 1. The van der Waals surface area contributed by atoms with Gasteiger partial charge in [0.25, 0.3) is 6.02 Å². The maximum atomic E-state index is 8.52. The van der Waals surface area contributed by atoms with Gasteiger partial charge < -0.3 is 21.4 Å². The monoisotopic (exact) mass is 206 g/mol. The van der Waals surface area contributed by atoms with E-state index in [0.717, 1.165) is 11.3 Å². The van der Waals surface area contributed by atoms with Crippen LogP contribution >= 0.6 is 0 Å². The molecule has 0 radical (unpaired) electrons. The highest BCUT2D eigenvalue weighted by Gasteiger charge is 2.12. The molecule has 0 atom stereocenters. The summed E-state index contributed by atoms with van der Waals surface area (Å²) in [5.74, 6) is 0.0559. The van der Waals surface area contributed by atoms with Crippen LogP contribution in [0.5, 0.6) is 0 Å². The Morgan fingerprint density at radius 3 is 3.07 bits per heavy atom. The molecule has 2 rings (SSSR count). The smallest absolute Gasteiger partial charge is 0.287 e. The van der Waals surface area contributed by atoms with E-state index in [-0.39, 0.29) is 11.9 Å². The minimum absolute atomic E-state index is 0.0559. The van der Waals surface area contributed by atoms with Gasteiger partial charge in [-0.05, 0) is 18.2 Å². The molecule has 5 N–H and O–H groups in total. The lowest BCUT2D eigenvalue weighted by Crippen LogP contribution is -2.19. The van der Waals surface area contributed by atoms with Gasteiger partial charge in [-0.3, -0.25) is 0 Å². The molecule has 6 heteroatoms. The Labute approximate surface area is 85.9 Å². The third kappa shape index (κ3) is 1.69. The van der Waals surface area contributed by atoms with E-state index in [2.05, 4.69) is 10.1 Å². The molecule has 0 bridgehead atoms. The van der Waals surface area contributed by atoms with Crippen molar-refractivity contribution in [1.29, 1.82) is 0 Å². The van der Waals surface area contributed by atoms with Crippen molar-refractivity contribution in [3.05, 3.63) is 29.3 Å². The Bertz CT molecular complexity index is 453. The lowest BCUT2D eigenvalue weighted by atomic mass is 10.1. The average molecular weight is 206 g/mol. The Kier molecular flexibility index (Phi) is 2.17. The molecule has 0 saturated carbocycles. The summed E-state index contributed by atoms with van der Waals surface area (Å²) in [4.78, 5) is 4.00. The van der Waals surface area contributed by atoms with Crippen LogP contribution in [0, 0.1) is 0 Å². The van der Waals surface area contributed by atoms with E-state index in [1.54, 1.807) is 18.2 Å². The summed E-state index contributed by atoms with van der Waals surface area (Å²) in [6.07, 6.45) is 0. The van der Waals surface area contributed by atoms with Gasteiger partial charge in [0.15, 0.2) is 5.84 Å². The fourth-order valence-electron chi connectivity index (χ4n) is 1.33. The van der Waals surface area contributed by atoms with Gasteiger partial charge in [-0.25, -0.2) is 0 Å². The second-order valence-electron chi connectivity index (χ2n) is 3.07. The number of benzene rings is 1. The van der Waals surface area contributed by atoms with E-state index in [0.29, 0.717) is 12.2 Å². The molecule has 1 aromatic rings. The summed E-state index contributed by atoms with van der Waals surface area (Å²) in [6.45, 7) is 0.344. The van der Waals surface area contributed by atoms with Crippen LogP contribution in [0.1, 0.15) is 11.1 Å². The zero-order valence-electron chi connectivity index (χ0n) is 7.84. The molecular formula is C9H10N4O2. The van der Waals surface area contributed by atoms with Crippen LogP contribution in [0.25, 0.3) is 0 Å². The van der Waals surface area contributed by atoms with Crippen LogP contribution in [0.3, 0.4) is 0 Å². The molecule has 0 aliphatic carbocycles. The topological polar surface area (TPSA) is 106 Å². The van der Waals surface area contributed by atoms with Gasteiger partial charge in [-0.2, -0.15) is 4.99 Å². The minimum Gasteiger partial charge on any atom is -0.460 e. The van der Waals surface area contributed by atoms with Crippen LogP contribution in [-0.4, -0.2) is 17.1 Å². The summed E-state index contributed by atoms with van der Waals surface area (Å²) >= 11 is 0. The third-order valence-corrected chi connectivity index (χ3v) is 2.09. The number of ether oxygens (including phenoxy) is 1. The summed E-state index contributed by atoms with van der Waals surface area (Å²) in [6, 6.07) is 5.35. The van der Waals surface area contributed by atoms with Gasteiger partial charge in [-0.15, -0.1) is 0 Å². The number of amidine groups is 2. The summed E-state index contributed by atoms with van der Waals surface area (Å²) in [5.41, 5.74) is 13.1. The van der Waals surface area contributed by atoms with Crippen molar-refractivity contribution >= 4 is 17.5 Å². The highest BCUT2D eigenvalue weighted by Crippen LogP contribution is 2.24. The van der Waals surface area contributed by atoms with Crippen molar-refractivity contribution in [3.8, 4) is 0 Å². The van der Waals surface area contributed by atoms with Crippen LogP contribution in [0.2, 0.25) is 0 Å². The molecular weight excluding hydrogens is 196 g/mol. The Balaban J connectivity index is 2.44. The molecule has 15 heavy (non-hydrogen) atoms. The lowest BCUT2D eigenvalue weighted by molar-refractivity contribution is 0.282. The van der Waals surface area contributed by atoms with Gasteiger partial charge in [0, 0.05) is 11.1 Å². The quantitative estimate of drug-likeness (QED) is 0.265. The van der Waals surface area contributed by atoms with E-state index in [1.807, 2.05) is 0 Å². The number of fused-ring (bicyclic) bond motifs is 1. The fraction of sp³-hybridized carbons (Fsp3) is 0.111. The third-order valence-electron chi connectivity index (χ3n) is 2.09. The second kappa shape index (κ2) is 3.49. The van der Waals surface area contributed by atoms with Crippen LogP contribution in [-0.2, 0) is 11.3 Å². The van der Waals surface area contributed by atoms with Gasteiger partial charge in [0.2, 0.25) is 0 Å². The maximum absolute atomic E-state index is 8.52. The number of hydrogen-bond donors (Lipinski definition) is 3. The Morgan fingerprint density at radius 1 is 1.53 bits per heavy atom. The number of nitrogens with zero attached hydrogens (tertiary/aromatic N) is 2. The first-order chi connectivity index (χ1) is 7.20. The largest absolute Gasteiger partial charge is 0.460 e. The second-order valence-corrected chi connectivity index (χ2v) is 3.07. The zero-order valence-corrected chi connectivity index (χ0v) is 7.84. The van der Waals surface area contributed by atoms with Gasteiger partial charge in [0.05, 0.1) is 5.69 Å². The van der Waals surface area contributed by atoms with E-state index in [9.17, 15) is 0 Å². The predicted molar refractivity (Wildman–Crippen MR) is 55.0 cm³/mol. The van der Waals surface area contributed by atoms with Crippen molar-refractivity contribution in [2.24, 2.45) is 21.6 Å². The number of aliphatic imine (C=N–C) groups is 1. The van der Waals surface area contributed by atoms with Crippen molar-refractivity contribution < 1.29 is 9.94 Å². The first-order valence-electron chi connectivity index (χ1n) is 4.28. The van der Waals surface area contributed by atoms with Crippen molar-refractivity contribution in [2.45, 2.75) is 6.61 Å². The average Bonchev–Trinajstić information content (AvgIpc) is 2.27. The standard InChI is InChI=1S/C9H10N4O2/c10-8(13-14)5-1-2-7-6(3-5)4-15-9(11)12-7/h1-3,14H,4H2,(H2,10,13)(H2,11,12). The molecule has 78 valence electrons. The van der Waals surface area contributed by atoms with Crippen LogP contribution < -0.4 is 11.5 Å². The highest BCUT2D eigenvalue weighted by molar-refractivity contribution is 5.97. The van der Waals surface area contributed by atoms with Crippen LogP contribution in [0.4, 0.5) is 5.69 Å². The first-order valence-corrected chi connectivity index (χ1v) is 4.28. The SMILES string of the molecule is NC1=Nc2ccc(/C(N)=N\O)cc2CO1. The molecule has 0 spiro atoms. The van der Waals surface area contributed by atoms with Gasteiger partial charge in [0.1, 0.15) is 6.61 Å². The normalized spacial score (nSPS) is 15.2. The molecule has 1 heterocycles. The molecule has 0 saturated heterocycles. The van der Waals surface area contributed by atoms with Crippen molar-refractivity contribution in [1.82, 2.24) is 0 Å². The summed E-state index contributed by atoms with van der Waals surface area (Å²) < 4.78 is 5.06. The molecule has 0 fully saturated rings. The highest BCUT2D eigenvalue weighted by atomic mass is 16.5. The van der Waals surface area contributed by atoms with E-state index < -0.39 is 0 Å². The fourth-order valence-corrected chi connectivity index (χ4v) is 1.33.